The number of rotatable bonds is 6. The SMILES string of the molecule is CC(C)C(NCC1(N(C)C)CCCC1)c1ccccc1. The summed E-state index contributed by atoms with van der Waals surface area (Å²) in [6, 6.07) is 11.3. The number of nitrogens with one attached hydrogen (secondary N) is 1. The highest BCUT2D eigenvalue weighted by molar-refractivity contribution is 5.19. The zero-order chi connectivity index (χ0) is 14.6. The predicted molar refractivity (Wildman–Crippen MR) is 86.9 cm³/mol. The van der Waals surface area contributed by atoms with Crippen molar-refractivity contribution in [2.45, 2.75) is 51.1 Å². The lowest BCUT2D eigenvalue weighted by molar-refractivity contribution is 0.145. The molecule has 2 heteroatoms. The van der Waals surface area contributed by atoms with Gasteiger partial charge < -0.3 is 10.2 Å². The molecular formula is C18H30N2. The molecule has 1 atom stereocenters. The van der Waals surface area contributed by atoms with Crippen LogP contribution in [0.4, 0.5) is 0 Å². The highest BCUT2D eigenvalue weighted by atomic mass is 15.2. The maximum absolute atomic E-state index is 3.86. The molecule has 0 saturated heterocycles. The van der Waals surface area contributed by atoms with E-state index in [1.165, 1.54) is 31.2 Å². The topological polar surface area (TPSA) is 15.3 Å². The van der Waals surface area contributed by atoms with Crippen LogP contribution in [0.15, 0.2) is 30.3 Å². The number of likely N-dealkylation sites (N-methyl/N-ethyl adjacent to an activating group) is 1. The van der Waals surface area contributed by atoms with Gasteiger partial charge in [-0.05, 0) is 38.4 Å². The molecular weight excluding hydrogens is 244 g/mol. The van der Waals surface area contributed by atoms with Gasteiger partial charge in [-0.3, -0.25) is 0 Å². The van der Waals surface area contributed by atoms with Crippen LogP contribution in [0.25, 0.3) is 0 Å². The summed E-state index contributed by atoms with van der Waals surface area (Å²) in [5.41, 5.74) is 1.77. The number of benzene rings is 1. The lowest BCUT2D eigenvalue weighted by Crippen LogP contribution is -2.50. The van der Waals surface area contributed by atoms with E-state index < -0.39 is 0 Å². The standard InChI is InChI=1S/C18H30N2/c1-15(2)17(16-10-6-5-7-11-16)19-14-18(20(3)4)12-8-9-13-18/h5-7,10-11,15,17,19H,8-9,12-14H2,1-4H3. The Morgan fingerprint density at radius 1 is 1.10 bits per heavy atom. The summed E-state index contributed by atoms with van der Waals surface area (Å²) < 4.78 is 0. The molecule has 0 spiro atoms. The second-order valence-corrected chi connectivity index (χ2v) is 6.84. The monoisotopic (exact) mass is 274 g/mol. The van der Waals surface area contributed by atoms with Crippen LogP contribution in [0.1, 0.15) is 51.1 Å². The van der Waals surface area contributed by atoms with E-state index in [1.807, 2.05) is 0 Å². The van der Waals surface area contributed by atoms with Crippen molar-refractivity contribution in [2.24, 2.45) is 5.92 Å². The number of hydrogen-bond donors (Lipinski definition) is 1. The predicted octanol–water partition coefficient (Wildman–Crippen LogP) is 3.85. The van der Waals surface area contributed by atoms with Gasteiger partial charge in [-0.1, -0.05) is 57.0 Å². The van der Waals surface area contributed by atoms with Gasteiger partial charge in [-0.25, -0.2) is 0 Å². The zero-order valence-corrected chi connectivity index (χ0v) is 13.5. The zero-order valence-electron chi connectivity index (χ0n) is 13.5. The highest BCUT2D eigenvalue weighted by Crippen LogP contribution is 2.34. The van der Waals surface area contributed by atoms with Crippen molar-refractivity contribution in [2.75, 3.05) is 20.6 Å². The fourth-order valence-electron chi connectivity index (χ4n) is 3.51. The minimum Gasteiger partial charge on any atom is -0.308 e. The summed E-state index contributed by atoms with van der Waals surface area (Å²) in [4.78, 5) is 2.44. The first kappa shape index (κ1) is 15.5. The minimum atomic E-state index is 0.363. The van der Waals surface area contributed by atoms with E-state index in [9.17, 15) is 0 Å². The van der Waals surface area contributed by atoms with Crippen molar-refractivity contribution in [1.29, 1.82) is 0 Å². The average Bonchev–Trinajstić information content (AvgIpc) is 2.90. The van der Waals surface area contributed by atoms with Gasteiger partial charge in [-0.2, -0.15) is 0 Å². The first-order chi connectivity index (χ1) is 9.55. The molecule has 0 heterocycles. The van der Waals surface area contributed by atoms with Gasteiger partial charge in [0.25, 0.3) is 0 Å². The van der Waals surface area contributed by atoms with Gasteiger partial charge >= 0.3 is 0 Å². The average molecular weight is 274 g/mol. The lowest BCUT2D eigenvalue weighted by atomic mass is 9.92. The summed E-state index contributed by atoms with van der Waals surface area (Å²) in [7, 11) is 4.47. The molecule has 0 aliphatic heterocycles. The second-order valence-electron chi connectivity index (χ2n) is 6.84. The summed E-state index contributed by atoms with van der Waals surface area (Å²) in [6.45, 7) is 5.71. The molecule has 1 N–H and O–H groups in total. The Morgan fingerprint density at radius 2 is 1.70 bits per heavy atom. The van der Waals surface area contributed by atoms with E-state index in [4.69, 9.17) is 0 Å². The summed E-state index contributed by atoms with van der Waals surface area (Å²) in [6.07, 6.45) is 5.40. The quantitative estimate of drug-likeness (QED) is 0.847. The fourth-order valence-corrected chi connectivity index (χ4v) is 3.51. The third-order valence-electron chi connectivity index (χ3n) is 4.96. The molecule has 1 unspecified atom stereocenters. The molecule has 1 fully saturated rings. The normalized spacial score (nSPS) is 19.7. The molecule has 1 aromatic carbocycles. The molecule has 20 heavy (non-hydrogen) atoms. The maximum atomic E-state index is 3.86. The lowest BCUT2D eigenvalue weighted by Gasteiger charge is -2.38. The molecule has 2 nitrogen and oxygen atoms in total. The molecule has 1 aliphatic rings. The van der Waals surface area contributed by atoms with E-state index in [2.05, 4.69) is 68.5 Å². The van der Waals surface area contributed by atoms with Crippen LogP contribution in [0.3, 0.4) is 0 Å². The van der Waals surface area contributed by atoms with Crippen LogP contribution in [0.5, 0.6) is 0 Å². The molecule has 1 saturated carbocycles. The Bertz CT molecular complexity index is 391. The van der Waals surface area contributed by atoms with Crippen molar-refractivity contribution in [3.8, 4) is 0 Å². The summed E-state index contributed by atoms with van der Waals surface area (Å²) in [5, 5.41) is 3.86. The van der Waals surface area contributed by atoms with Crippen LogP contribution in [0, 0.1) is 5.92 Å². The first-order valence-electron chi connectivity index (χ1n) is 8.01. The van der Waals surface area contributed by atoms with Gasteiger partial charge in [0.15, 0.2) is 0 Å². The van der Waals surface area contributed by atoms with Crippen LogP contribution in [-0.4, -0.2) is 31.1 Å². The second kappa shape index (κ2) is 6.73. The van der Waals surface area contributed by atoms with Gasteiger partial charge in [-0.15, -0.1) is 0 Å². The third-order valence-corrected chi connectivity index (χ3v) is 4.96. The van der Waals surface area contributed by atoms with E-state index in [1.54, 1.807) is 0 Å². The van der Waals surface area contributed by atoms with Crippen molar-refractivity contribution >= 4 is 0 Å². The van der Waals surface area contributed by atoms with Crippen molar-refractivity contribution in [3.63, 3.8) is 0 Å². The molecule has 0 bridgehead atoms. The van der Waals surface area contributed by atoms with Crippen molar-refractivity contribution in [3.05, 3.63) is 35.9 Å². The highest BCUT2D eigenvalue weighted by Gasteiger charge is 2.36. The molecule has 0 aromatic heterocycles. The molecule has 0 amide bonds. The molecule has 112 valence electrons. The van der Waals surface area contributed by atoms with Gasteiger partial charge in [0, 0.05) is 18.1 Å². The van der Waals surface area contributed by atoms with Gasteiger partial charge in [0.2, 0.25) is 0 Å². The fraction of sp³-hybridized carbons (Fsp3) is 0.667. The summed E-state index contributed by atoms with van der Waals surface area (Å²) in [5.74, 6) is 0.609. The Hall–Kier alpha value is -0.860. The largest absolute Gasteiger partial charge is 0.308 e. The number of nitrogens with zero attached hydrogens (tertiary/aromatic N) is 1. The Morgan fingerprint density at radius 3 is 2.20 bits per heavy atom. The maximum Gasteiger partial charge on any atom is 0.0344 e. The van der Waals surface area contributed by atoms with E-state index in [0.717, 1.165) is 6.54 Å². The Labute approximate surface area is 124 Å². The smallest absolute Gasteiger partial charge is 0.0344 e. The van der Waals surface area contributed by atoms with Crippen molar-refractivity contribution < 1.29 is 0 Å². The first-order valence-corrected chi connectivity index (χ1v) is 8.01. The molecule has 2 rings (SSSR count). The summed E-state index contributed by atoms with van der Waals surface area (Å²) >= 11 is 0. The molecule has 0 radical (unpaired) electrons. The van der Waals surface area contributed by atoms with Crippen LogP contribution >= 0.6 is 0 Å². The number of hydrogen-bond acceptors (Lipinski definition) is 2. The minimum absolute atomic E-state index is 0.363. The van der Waals surface area contributed by atoms with Gasteiger partial charge in [0.1, 0.15) is 0 Å². The van der Waals surface area contributed by atoms with Crippen LogP contribution < -0.4 is 5.32 Å². The van der Waals surface area contributed by atoms with E-state index in [0.29, 0.717) is 17.5 Å². The van der Waals surface area contributed by atoms with E-state index in [-0.39, 0.29) is 0 Å². The van der Waals surface area contributed by atoms with Crippen LogP contribution in [-0.2, 0) is 0 Å². The van der Waals surface area contributed by atoms with E-state index >= 15 is 0 Å². The molecule has 1 aromatic rings. The Balaban J connectivity index is 2.06. The van der Waals surface area contributed by atoms with Crippen molar-refractivity contribution in [1.82, 2.24) is 10.2 Å². The van der Waals surface area contributed by atoms with Gasteiger partial charge in [0.05, 0.1) is 0 Å². The molecule has 1 aliphatic carbocycles. The van der Waals surface area contributed by atoms with Crippen LogP contribution in [0.2, 0.25) is 0 Å². The Kier molecular flexibility index (Phi) is 5.22. The third kappa shape index (κ3) is 3.42.